The Kier molecular flexibility index (Phi) is 4.92. The van der Waals surface area contributed by atoms with Gasteiger partial charge in [-0.2, -0.15) is 13.2 Å². The number of benzene rings is 2. The number of amides is 1. The maximum atomic E-state index is 12.7. The predicted octanol–water partition coefficient (Wildman–Crippen LogP) is 5.32. The fourth-order valence-electron chi connectivity index (χ4n) is 1.67. The van der Waals surface area contributed by atoms with Crippen molar-refractivity contribution >= 4 is 50.1 Å². The third kappa shape index (κ3) is 4.19. The highest BCUT2D eigenvalue weighted by Crippen LogP contribution is 2.33. The van der Waals surface area contributed by atoms with Gasteiger partial charge in [-0.15, -0.1) is 0 Å². The highest BCUT2D eigenvalue weighted by molar-refractivity contribution is 14.1. The van der Waals surface area contributed by atoms with Gasteiger partial charge >= 0.3 is 6.18 Å². The van der Waals surface area contributed by atoms with Gasteiger partial charge < -0.3 is 5.32 Å². The fraction of sp³-hybridized carbons (Fsp3) is 0.0714. The Hall–Kier alpha value is -1.09. The molecular weight excluding hydrogens is 462 g/mol. The summed E-state index contributed by atoms with van der Waals surface area (Å²) in [4.78, 5) is 12.1. The van der Waals surface area contributed by atoms with Crippen molar-refractivity contribution in [2.24, 2.45) is 0 Å². The molecule has 1 amide bonds. The first kappa shape index (κ1) is 16.3. The van der Waals surface area contributed by atoms with E-state index in [2.05, 4.69) is 21.2 Å². The molecule has 0 aliphatic heterocycles. The average molecular weight is 470 g/mol. The third-order valence-electron chi connectivity index (χ3n) is 2.60. The van der Waals surface area contributed by atoms with E-state index in [1.807, 2.05) is 22.6 Å². The van der Waals surface area contributed by atoms with Crippen LogP contribution in [0.4, 0.5) is 18.9 Å². The lowest BCUT2D eigenvalue weighted by Gasteiger charge is -2.11. The van der Waals surface area contributed by atoms with Crippen molar-refractivity contribution in [2.45, 2.75) is 6.18 Å². The van der Waals surface area contributed by atoms with Crippen molar-refractivity contribution in [2.75, 3.05) is 5.32 Å². The van der Waals surface area contributed by atoms with Crippen LogP contribution in [-0.2, 0) is 6.18 Å². The molecule has 0 heterocycles. The summed E-state index contributed by atoms with van der Waals surface area (Å²) in [6, 6.07) is 10.1. The first-order valence-electron chi connectivity index (χ1n) is 5.71. The van der Waals surface area contributed by atoms with Gasteiger partial charge in [0.25, 0.3) is 5.91 Å². The molecule has 0 aromatic heterocycles. The Bertz CT molecular complexity index is 688. The Balaban J connectivity index is 2.30. The highest BCUT2D eigenvalue weighted by Gasteiger charge is 2.31. The zero-order valence-corrected chi connectivity index (χ0v) is 14.1. The number of hydrogen-bond donors (Lipinski definition) is 1. The maximum absolute atomic E-state index is 12.7. The van der Waals surface area contributed by atoms with Crippen molar-refractivity contribution < 1.29 is 18.0 Å². The lowest BCUT2D eigenvalue weighted by molar-refractivity contribution is -0.137. The first-order valence-corrected chi connectivity index (χ1v) is 7.58. The molecule has 0 unspecified atom stereocenters. The molecule has 0 aliphatic rings. The molecule has 21 heavy (non-hydrogen) atoms. The van der Waals surface area contributed by atoms with E-state index in [1.165, 1.54) is 6.07 Å². The molecule has 2 aromatic carbocycles. The molecule has 0 spiro atoms. The van der Waals surface area contributed by atoms with Crippen LogP contribution in [0.25, 0.3) is 0 Å². The molecule has 2 aromatic rings. The van der Waals surface area contributed by atoms with E-state index in [1.54, 1.807) is 24.3 Å². The molecule has 0 saturated heterocycles. The zero-order chi connectivity index (χ0) is 15.6. The molecule has 2 rings (SSSR count). The number of carbonyl (C=O) groups is 1. The van der Waals surface area contributed by atoms with E-state index in [0.717, 1.165) is 15.7 Å². The van der Waals surface area contributed by atoms with Gasteiger partial charge in [0.2, 0.25) is 0 Å². The van der Waals surface area contributed by atoms with Crippen LogP contribution in [0.1, 0.15) is 15.9 Å². The van der Waals surface area contributed by atoms with Crippen LogP contribution in [0.3, 0.4) is 0 Å². The lowest BCUT2D eigenvalue weighted by Crippen LogP contribution is -2.14. The standard InChI is InChI=1S/C14H8BrF3INO/c15-9-5-8(14(16,17)18)6-10(7-9)20-13(21)11-3-1-2-4-12(11)19/h1-7H,(H,20,21). The Morgan fingerprint density at radius 3 is 2.43 bits per heavy atom. The fourth-order valence-corrected chi connectivity index (χ4v) is 2.79. The molecule has 0 radical (unpaired) electrons. The lowest BCUT2D eigenvalue weighted by atomic mass is 10.1. The molecule has 0 saturated carbocycles. The summed E-state index contributed by atoms with van der Waals surface area (Å²) in [7, 11) is 0. The third-order valence-corrected chi connectivity index (χ3v) is 4.00. The summed E-state index contributed by atoms with van der Waals surface area (Å²) in [5.74, 6) is -0.453. The van der Waals surface area contributed by atoms with Gasteiger partial charge in [0, 0.05) is 13.7 Å². The average Bonchev–Trinajstić information content (AvgIpc) is 2.37. The van der Waals surface area contributed by atoms with Crippen molar-refractivity contribution in [1.29, 1.82) is 0 Å². The van der Waals surface area contributed by atoms with E-state index in [9.17, 15) is 18.0 Å². The topological polar surface area (TPSA) is 29.1 Å². The smallest absolute Gasteiger partial charge is 0.322 e. The predicted molar refractivity (Wildman–Crippen MR) is 86.3 cm³/mol. The first-order chi connectivity index (χ1) is 9.77. The molecule has 0 atom stereocenters. The van der Waals surface area contributed by atoms with Crippen LogP contribution in [0.5, 0.6) is 0 Å². The number of alkyl halides is 3. The van der Waals surface area contributed by atoms with Gasteiger partial charge in [0.15, 0.2) is 0 Å². The normalized spacial score (nSPS) is 11.3. The number of carbonyl (C=O) groups excluding carboxylic acids is 1. The quantitative estimate of drug-likeness (QED) is 0.592. The summed E-state index contributed by atoms with van der Waals surface area (Å²) in [5.41, 5.74) is -0.331. The van der Waals surface area contributed by atoms with Crippen molar-refractivity contribution in [3.05, 3.63) is 61.6 Å². The van der Waals surface area contributed by atoms with Crippen LogP contribution in [0.2, 0.25) is 0 Å². The number of anilines is 1. The van der Waals surface area contributed by atoms with E-state index >= 15 is 0 Å². The van der Waals surface area contributed by atoms with Gasteiger partial charge in [-0.25, -0.2) is 0 Å². The van der Waals surface area contributed by atoms with Gasteiger partial charge in [-0.3, -0.25) is 4.79 Å². The van der Waals surface area contributed by atoms with E-state index in [-0.39, 0.29) is 10.2 Å². The molecule has 0 bridgehead atoms. The molecular formula is C14H8BrF3INO. The molecule has 110 valence electrons. The summed E-state index contributed by atoms with van der Waals surface area (Å²) < 4.78 is 39.2. The number of halogens is 5. The minimum atomic E-state index is -4.47. The van der Waals surface area contributed by atoms with Crippen molar-refractivity contribution in [1.82, 2.24) is 0 Å². The minimum Gasteiger partial charge on any atom is -0.322 e. The second kappa shape index (κ2) is 6.35. The van der Waals surface area contributed by atoms with Crippen LogP contribution >= 0.6 is 38.5 Å². The summed E-state index contributed by atoms with van der Waals surface area (Å²) >= 11 is 5.01. The van der Waals surface area contributed by atoms with Gasteiger partial charge in [-0.05, 0) is 52.9 Å². The van der Waals surface area contributed by atoms with Gasteiger partial charge in [-0.1, -0.05) is 28.1 Å². The zero-order valence-electron chi connectivity index (χ0n) is 10.3. The van der Waals surface area contributed by atoms with Crippen molar-refractivity contribution in [3.63, 3.8) is 0 Å². The van der Waals surface area contributed by atoms with Crippen LogP contribution in [0, 0.1) is 3.57 Å². The monoisotopic (exact) mass is 469 g/mol. The number of rotatable bonds is 2. The van der Waals surface area contributed by atoms with Crippen LogP contribution in [-0.4, -0.2) is 5.91 Å². The Morgan fingerprint density at radius 2 is 1.81 bits per heavy atom. The minimum absolute atomic E-state index is 0.0846. The summed E-state index contributed by atoms with van der Waals surface area (Å²) in [5, 5.41) is 2.48. The summed E-state index contributed by atoms with van der Waals surface area (Å²) in [6.07, 6.45) is -4.47. The Labute approximate surface area is 141 Å². The molecule has 0 fully saturated rings. The SMILES string of the molecule is O=C(Nc1cc(Br)cc(C(F)(F)F)c1)c1ccccc1I. The molecule has 2 nitrogen and oxygen atoms in total. The van der Waals surface area contributed by atoms with E-state index < -0.39 is 17.6 Å². The molecule has 0 aliphatic carbocycles. The maximum Gasteiger partial charge on any atom is 0.416 e. The Morgan fingerprint density at radius 1 is 1.14 bits per heavy atom. The van der Waals surface area contributed by atoms with E-state index in [0.29, 0.717) is 5.56 Å². The van der Waals surface area contributed by atoms with Gasteiger partial charge in [0.1, 0.15) is 0 Å². The molecule has 1 N–H and O–H groups in total. The number of nitrogens with one attached hydrogen (secondary N) is 1. The molecule has 7 heteroatoms. The van der Waals surface area contributed by atoms with Gasteiger partial charge in [0.05, 0.1) is 11.1 Å². The van der Waals surface area contributed by atoms with Crippen molar-refractivity contribution in [3.8, 4) is 0 Å². The summed E-state index contributed by atoms with van der Waals surface area (Å²) in [6.45, 7) is 0. The van der Waals surface area contributed by atoms with E-state index in [4.69, 9.17) is 0 Å². The second-order valence-corrected chi connectivity index (χ2v) is 6.24. The second-order valence-electron chi connectivity index (χ2n) is 4.16. The largest absolute Gasteiger partial charge is 0.416 e. The van der Waals surface area contributed by atoms with Crippen LogP contribution < -0.4 is 5.32 Å². The highest BCUT2D eigenvalue weighted by atomic mass is 127. The van der Waals surface area contributed by atoms with Crippen LogP contribution in [0.15, 0.2) is 46.9 Å². The number of hydrogen-bond acceptors (Lipinski definition) is 1.